The summed E-state index contributed by atoms with van der Waals surface area (Å²) in [7, 11) is 0. The number of hydrogen-bond acceptors (Lipinski definition) is 6. The maximum Gasteiger partial charge on any atom is 0.230 e. The van der Waals surface area contributed by atoms with Crippen molar-refractivity contribution in [3.05, 3.63) is 107 Å². The van der Waals surface area contributed by atoms with Gasteiger partial charge in [0.15, 0.2) is 11.5 Å². The third kappa shape index (κ3) is 3.07. The van der Waals surface area contributed by atoms with E-state index in [1.807, 2.05) is 73.7 Å². The van der Waals surface area contributed by atoms with Crippen LogP contribution in [-0.4, -0.2) is 29.4 Å². The van der Waals surface area contributed by atoms with Gasteiger partial charge in [0.1, 0.15) is 12.1 Å². The number of aromatic nitrogens is 6. The van der Waals surface area contributed by atoms with Crippen LogP contribution in [0.3, 0.4) is 0 Å². The minimum atomic E-state index is -0.320. The Morgan fingerprint density at radius 3 is 2.51 bits per heavy atom. The van der Waals surface area contributed by atoms with E-state index in [4.69, 9.17) is 30.8 Å². The minimum absolute atomic E-state index is 0.320. The molecule has 0 spiro atoms. The van der Waals surface area contributed by atoms with E-state index in [9.17, 15) is 0 Å². The van der Waals surface area contributed by atoms with Crippen molar-refractivity contribution >= 4 is 17.2 Å². The molecule has 0 radical (unpaired) electrons. The number of rotatable bonds is 3. The molecule has 0 saturated heterocycles. The molecule has 1 atom stereocenters. The number of ether oxygens (including phenoxy) is 1. The molecule has 0 bridgehead atoms. The van der Waals surface area contributed by atoms with E-state index in [1.165, 1.54) is 0 Å². The molecular formula is C26H17ClN6O2. The van der Waals surface area contributed by atoms with Crippen molar-refractivity contribution in [2.45, 2.75) is 12.8 Å². The molecule has 35 heavy (non-hydrogen) atoms. The molecule has 1 aliphatic heterocycles. The monoisotopic (exact) mass is 480 g/mol. The number of para-hydroxylation sites is 1. The van der Waals surface area contributed by atoms with Crippen LogP contribution in [0, 0.1) is 6.92 Å². The number of furan rings is 1. The molecule has 0 saturated carbocycles. The van der Waals surface area contributed by atoms with Gasteiger partial charge < -0.3 is 9.15 Å². The van der Waals surface area contributed by atoms with Gasteiger partial charge in [-0.05, 0) is 55.5 Å². The lowest BCUT2D eigenvalue weighted by atomic mass is 9.88. The number of nitrogens with zero attached hydrogens (tertiary/aromatic N) is 6. The van der Waals surface area contributed by atoms with Crippen molar-refractivity contribution in [1.29, 1.82) is 0 Å². The topological polar surface area (TPSA) is 83.3 Å². The first kappa shape index (κ1) is 20.0. The Labute approximate surface area is 204 Å². The second-order valence-corrected chi connectivity index (χ2v) is 8.71. The highest BCUT2D eigenvalue weighted by atomic mass is 35.5. The summed E-state index contributed by atoms with van der Waals surface area (Å²) < 4.78 is 15.8. The average Bonchev–Trinajstić information content (AvgIpc) is 3.63. The summed E-state index contributed by atoms with van der Waals surface area (Å²) in [4.78, 5) is 9.48. The lowest BCUT2D eigenvalue weighted by molar-refractivity contribution is 0.392. The normalized spacial score (nSPS) is 14.5. The molecule has 6 aromatic rings. The lowest BCUT2D eigenvalue weighted by Crippen LogP contribution is -2.15. The van der Waals surface area contributed by atoms with Crippen molar-refractivity contribution in [3.8, 4) is 28.8 Å². The summed E-state index contributed by atoms with van der Waals surface area (Å²) in [5.74, 6) is 2.05. The first-order valence-corrected chi connectivity index (χ1v) is 11.4. The zero-order valence-corrected chi connectivity index (χ0v) is 19.2. The van der Waals surface area contributed by atoms with Gasteiger partial charge in [0, 0.05) is 10.6 Å². The van der Waals surface area contributed by atoms with Gasteiger partial charge in [0.25, 0.3) is 0 Å². The van der Waals surface area contributed by atoms with Gasteiger partial charge in [0.2, 0.25) is 11.8 Å². The van der Waals surface area contributed by atoms with Crippen LogP contribution >= 0.6 is 11.6 Å². The number of fused-ring (bicyclic) bond motifs is 4. The molecular weight excluding hydrogens is 464 g/mol. The van der Waals surface area contributed by atoms with E-state index in [0.29, 0.717) is 28.3 Å². The SMILES string of the molecule is Cc1nn(-c2ccccc2)c2c1C(c1ccco1)c1c(ncn3nc(-c4ccc(Cl)cc4)nc13)O2. The molecule has 7 rings (SSSR count). The van der Waals surface area contributed by atoms with Crippen LogP contribution in [-0.2, 0) is 0 Å². The second-order valence-electron chi connectivity index (χ2n) is 8.28. The number of halogens is 1. The Bertz CT molecular complexity index is 1690. The quantitative estimate of drug-likeness (QED) is 0.317. The van der Waals surface area contributed by atoms with E-state index in [2.05, 4.69) is 10.1 Å². The maximum absolute atomic E-state index is 6.40. The largest absolute Gasteiger partial charge is 0.468 e. The summed E-state index contributed by atoms with van der Waals surface area (Å²) in [6.45, 7) is 1.97. The van der Waals surface area contributed by atoms with E-state index in [0.717, 1.165) is 33.8 Å². The van der Waals surface area contributed by atoms with Crippen molar-refractivity contribution in [2.75, 3.05) is 0 Å². The first-order valence-electron chi connectivity index (χ1n) is 11.0. The highest BCUT2D eigenvalue weighted by Crippen LogP contribution is 2.49. The molecule has 4 aromatic heterocycles. The zero-order chi connectivity index (χ0) is 23.5. The molecule has 2 aromatic carbocycles. The summed E-state index contributed by atoms with van der Waals surface area (Å²) in [6, 6.07) is 21.1. The van der Waals surface area contributed by atoms with Gasteiger partial charge in [-0.25, -0.2) is 19.2 Å². The van der Waals surface area contributed by atoms with E-state index >= 15 is 0 Å². The fraction of sp³-hybridized carbons (Fsp3) is 0.0769. The van der Waals surface area contributed by atoms with Gasteiger partial charge in [-0.1, -0.05) is 29.8 Å². The fourth-order valence-electron chi connectivity index (χ4n) is 4.58. The Hall–Kier alpha value is -4.43. The summed E-state index contributed by atoms with van der Waals surface area (Å²) in [5.41, 5.74) is 4.90. The van der Waals surface area contributed by atoms with Gasteiger partial charge >= 0.3 is 0 Å². The van der Waals surface area contributed by atoms with Crippen molar-refractivity contribution in [1.82, 2.24) is 29.4 Å². The van der Waals surface area contributed by atoms with Gasteiger partial charge in [-0.3, -0.25) is 0 Å². The van der Waals surface area contributed by atoms with Gasteiger partial charge in [-0.2, -0.15) is 5.10 Å². The summed E-state index contributed by atoms with van der Waals surface area (Å²) >= 11 is 6.07. The summed E-state index contributed by atoms with van der Waals surface area (Å²) in [5, 5.41) is 10.1. The molecule has 1 aliphatic rings. The van der Waals surface area contributed by atoms with Crippen LogP contribution in [0.4, 0.5) is 0 Å². The standard InChI is InChI=1S/C26H17ClN6O2/c1-15-20-21(19-8-5-13-34-19)22-24-29-23(16-9-11-17(27)12-10-16)31-32(24)14-28-25(22)35-26(20)33(30-15)18-6-3-2-4-7-18/h2-14,21H,1H3. The third-order valence-electron chi connectivity index (χ3n) is 6.15. The predicted molar refractivity (Wildman–Crippen MR) is 129 cm³/mol. The van der Waals surface area contributed by atoms with Crippen LogP contribution in [0.25, 0.3) is 22.7 Å². The van der Waals surface area contributed by atoms with Crippen LogP contribution < -0.4 is 4.74 Å². The average molecular weight is 481 g/mol. The Balaban J connectivity index is 1.47. The number of aryl methyl sites for hydroxylation is 1. The molecule has 9 heteroatoms. The molecule has 170 valence electrons. The Morgan fingerprint density at radius 2 is 1.74 bits per heavy atom. The van der Waals surface area contributed by atoms with E-state index in [-0.39, 0.29) is 5.92 Å². The summed E-state index contributed by atoms with van der Waals surface area (Å²) in [6.07, 6.45) is 3.28. The Kier molecular flexibility index (Phi) is 4.31. The molecule has 0 N–H and O–H groups in total. The van der Waals surface area contributed by atoms with Crippen LogP contribution in [0.15, 0.2) is 83.7 Å². The van der Waals surface area contributed by atoms with Crippen LogP contribution in [0.5, 0.6) is 11.8 Å². The first-order chi connectivity index (χ1) is 17.2. The van der Waals surface area contributed by atoms with E-state index < -0.39 is 0 Å². The maximum atomic E-state index is 6.40. The number of benzene rings is 2. The van der Waals surface area contributed by atoms with Crippen LogP contribution in [0.1, 0.15) is 28.5 Å². The Morgan fingerprint density at radius 1 is 0.914 bits per heavy atom. The molecule has 5 heterocycles. The predicted octanol–water partition coefficient (Wildman–Crippen LogP) is 5.82. The third-order valence-corrected chi connectivity index (χ3v) is 6.40. The smallest absolute Gasteiger partial charge is 0.230 e. The lowest BCUT2D eigenvalue weighted by Gasteiger charge is -2.24. The molecule has 0 amide bonds. The molecule has 8 nitrogen and oxygen atoms in total. The van der Waals surface area contributed by atoms with E-state index in [1.54, 1.807) is 21.8 Å². The van der Waals surface area contributed by atoms with Crippen molar-refractivity contribution in [2.24, 2.45) is 0 Å². The van der Waals surface area contributed by atoms with Gasteiger partial charge in [-0.15, -0.1) is 5.10 Å². The second kappa shape index (κ2) is 7.54. The highest BCUT2D eigenvalue weighted by Gasteiger charge is 2.39. The molecule has 0 aliphatic carbocycles. The highest BCUT2D eigenvalue weighted by molar-refractivity contribution is 6.30. The van der Waals surface area contributed by atoms with Crippen molar-refractivity contribution in [3.63, 3.8) is 0 Å². The fourth-order valence-corrected chi connectivity index (χ4v) is 4.71. The number of hydrogen-bond donors (Lipinski definition) is 0. The van der Waals surface area contributed by atoms with Gasteiger partial charge in [0.05, 0.1) is 34.7 Å². The zero-order valence-electron chi connectivity index (χ0n) is 18.5. The van der Waals surface area contributed by atoms with Crippen LogP contribution in [0.2, 0.25) is 5.02 Å². The minimum Gasteiger partial charge on any atom is -0.468 e. The molecule has 1 unspecified atom stereocenters. The van der Waals surface area contributed by atoms with Crippen molar-refractivity contribution < 1.29 is 9.15 Å². The molecule has 0 fully saturated rings.